The van der Waals surface area contributed by atoms with Crippen molar-refractivity contribution in [1.29, 1.82) is 0 Å². The van der Waals surface area contributed by atoms with Crippen molar-refractivity contribution >= 4 is 11.7 Å². The van der Waals surface area contributed by atoms with Crippen LogP contribution in [0.4, 0.5) is 27.8 Å². The Kier molecular flexibility index (Phi) is 6.23. The lowest BCUT2D eigenvalue weighted by Gasteiger charge is -2.14. The molecule has 3 heterocycles. The third-order valence-electron chi connectivity index (χ3n) is 5.65. The Hall–Kier alpha value is -4.87. The summed E-state index contributed by atoms with van der Waals surface area (Å²) in [5, 5.41) is 11.1. The lowest BCUT2D eigenvalue weighted by Crippen LogP contribution is -2.16. The summed E-state index contributed by atoms with van der Waals surface area (Å²) < 4.78 is 71.1. The molecule has 0 bridgehead atoms. The number of aryl methyl sites for hydroxylation is 1. The van der Waals surface area contributed by atoms with Crippen LogP contribution < -0.4 is 5.32 Å². The van der Waals surface area contributed by atoms with E-state index in [2.05, 4.69) is 20.5 Å². The fourth-order valence-electron chi connectivity index (χ4n) is 3.84. The Morgan fingerprint density at radius 2 is 1.63 bits per heavy atom. The maximum Gasteiger partial charge on any atom is 0.417 e. The van der Waals surface area contributed by atoms with Gasteiger partial charge in [-0.1, -0.05) is 0 Å². The smallest absolute Gasteiger partial charge is 0.306 e. The van der Waals surface area contributed by atoms with Gasteiger partial charge < -0.3 is 5.32 Å². The number of pyridine rings is 1. The maximum absolute atomic E-state index is 14.0. The molecule has 3 aromatic heterocycles. The van der Waals surface area contributed by atoms with Crippen LogP contribution in [0.1, 0.15) is 15.9 Å². The largest absolute Gasteiger partial charge is 0.417 e. The summed E-state index contributed by atoms with van der Waals surface area (Å²) in [6, 6.07) is 12.3. The zero-order valence-electron chi connectivity index (χ0n) is 19.5. The number of alkyl halides is 3. The van der Waals surface area contributed by atoms with E-state index in [1.165, 1.54) is 46.2 Å². The van der Waals surface area contributed by atoms with E-state index < -0.39 is 29.3 Å². The summed E-state index contributed by atoms with van der Waals surface area (Å²) in [5.74, 6) is -2.86. The maximum atomic E-state index is 14.0. The van der Waals surface area contributed by atoms with Crippen molar-refractivity contribution in [2.24, 2.45) is 7.05 Å². The van der Waals surface area contributed by atoms with Crippen LogP contribution in [0.2, 0.25) is 0 Å². The molecular formula is C26H17F5N6O. The highest BCUT2D eigenvalue weighted by molar-refractivity contribution is 6.05. The first kappa shape index (κ1) is 24.8. The van der Waals surface area contributed by atoms with E-state index in [0.717, 1.165) is 30.3 Å². The molecule has 1 N–H and O–H groups in total. The monoisotopic (exact) mass is 524 g/mol. The van der Waals surface area contributed by atoms with Gasteiger partial charge in [-0.05, 0) is 48.5 Å². The number of halogens is 5. The minimum Gasteiger partial charge on any atom is -0.306 e. The van der Waals surface area contributed by atoms with Crippen LogP contribution in [0.5, 0.6) is 0 Å². The van der Waals surface area contributed by atoms with E-state index in [1.54, 1.807) is 19.2 Å². The molecule has 1 amide bonds. The van der Waals surface area contributed by atoms with Crippen LogP contribution in [0.25, 0.3) is 28.2 Å². The van der Waals surface area contributed by atoms with Gasteiger partial charge in [-0.15, -0.1) is 0 Å². The van der Waals surface area contributed by atoms with Gasteiger partial charge in [-0.2, -0.15) is 23.4 Å². The van der Waals surface area contributed by atoms with Crippen LogP contribution >= 0.6 is 0 Å². The average Bonchev–Trinajstić information content (AvgIpc) is 3.52. The van der Waals surface area contributed by atoms with Crippen LogP contribution in [0.15, 0.2) is 79.3 Å². The number of anilines is 1. The number of benzene rings is 2. The quantitative estimate of drug-likeness (QED) is 0.291. The third-order valence-corrected chi connectivity index (χ3v) is 5.65. The van der Waals surface area contributed by atoms with Crippen LogP contribution in [0.3, 0.4) is 0 Å². The number of amides is 1. The first-order chi connectivity index (χ1) is 18.1. The molecule has 0 radical (unpaired) electrons. The fraction of sp³-hybridized carbons (Fsp3) is 0.0769. The second-order valence-electron chi connectivity index (χ2n) is 8.25. The van der Waals surface area contributed by atoms with Gasteiger partial charge in [-0.25, -0.2) is 13.5 Å². The van der Waals surface area contributed by atoms with Gasteiger partial charge in [-0.3, -0.25) is 14.5 Å². The first-order valence-corrected chi connectivity index (χ1v) is 11.1. The normalized spacial score (nSPS) is 11.5. The number of carbonyl (C=O) groups excluding carboxylic acids is 1. The molecule has 12 heteroatoms. The molecule has 0 saturated heterocycles. The number of nitrogens with one attached hydrogen (secondary N) is 1. The lowest BCUT2D eigenvalue weighted by molar-refractivity contribution is -0.137. The fourth-order valence-corrected chi connectivity index (χ4v) is 3.84. The molecule has 0 spiro atoms. The molecule has 0 aliphatic rings. The van der Waals surface area contributed by atoms with E-state index in [0.29, 0.717) is 11.3 Å². The number of carbonyl (C=O) groups is 1. The molecule has 5 aromatic rings. The van der Waals surface area contributed by atoms with Gasteiger partial charge in [0.1, 0.15) is 5.82 Å². The van der Waals surface area contributed by atoms with Crippen molar-refractivity contribution in [1.82, 2.24) is 24.5 Å². The Bertz CT molecular complexity index is 1640. The molecule has 0 saturated carbocycles. The summed E-state index contributed by atoms with van der Waals surface area (Å²) in [6.45, 7) is 0. The number of aromatic nitrogens is 5. The van der Waals surface area contributed by atoms with Crippen LogP contribution in [-0.2, 0) is 13.2 Å². The molecule has 7 nitrogen and oxygen atoms in total. The highest BCUT2D eigenvalue weighted by Gasteiger charge is 2.34. The molecule has 0 aliphatic heterocycles. The second kappa shape index (κ2) is 9.54. The Labute approximate surface area is 212 Å². The molecule has 0 unspecified atom stereocenters. The molecule has 0 aliphatic carbocycles. The average molecular weight is 524 g/mol. The standard InChI is InChI=1S/C26H17F5N6O/c1-36-11-8-22(34-36)18-12-16(2-4-19(18)26(29,30)31)25(38)33-24-14-23(15-6-9-32-10-7-15)35-37(24)17-3-5-20(27)21(28)13-17/h2-14H,1H3,(H,33,38). The molecule has 192 valence electrons. The molecule has 0 atom stereocenters. The zero-order chi connectivity index (χ0) is 27.0. The van der Waals surface area contributed by atoms with Gasteiger partial charge in [0.25, 0.3) is 5.91 Å². The third kappa shape index (κ3) is 4.88. The molecule has 2 aromatic carbocycles. The van der Waals surface area contributed by atoms with Crippen molar-refractivity contribution in [2.75, 3.05) is 5.32 Å². The van der Waals surface area contributed by atoms with E-state index in [9.17, 15) is 26.7 Å². The summed E-state index contributed by atoms with van der Waals surface area (Å²) in [6.07, 6.45) is -0.118. The number of nitrogens with zero attached hydrogens (tertiary/aromatic N) is 5. The first-order valence-electron chi connectivity index (χ1n) is 11.1. The molecule has 0 fully saturated rings. The zero-order valence-corrected chi connectivity index (χ0v) is 19.5. The Morgan fingerprint density at radius 3 is 2.29 bits per heavy atom. The Morgan fingerprint density at radius 1 is 0.868 bits per heavy atom. The minimum atomic E-state index is -4.67. The van der Waals surface area contributed by atoms with Crippen LogP contribution in [0, 0.1) is 11.6 Å². The number of rotatable bonds is 5. The summed E-state index contributed by atoms with van der Waals surface area (Å²) >= 11 is 0. The van der Waals surface area contributed by atoms with E-state index in [-0.39, 0.29) is 28.3 Å². The lowest BCUT2D eigenvalue weighted by atomic mass is 10.0. The van der Waals surface area contributed by atoms with E-state index in [4.69, 9.17) is 0 Å². The minimum absolute atomic E-state index is 0.0428. The highest BCUT2D eigenvalue weighted by Crippen LogP contribution is 2.37. The van der Waals surface area contributed by atoms with Crippen molar-refractivity contribution in [3.63, 3.8) is 0 Å². The SMILES string of the molecule is Cn1ccc(-c2cc(C(=O)Nc3cc(-c4ccncc4)nn3-c3ccc(F)c(F)c3)ccc2C(F)(F)F)n1. The molecular weight excluding hydrogens is 507 g/mol. The van der Waals surface area contributed by atoms with Crippen molar-refractivity contribution < 1.29 is 26.7 Å². The molecule has 38 heavy (non-hydrogen) atoms. The van der Waals surface area contributed by atoms with Crippen LogP contribution in [-0.4, -0.2) is 30.5 Å². The van der Waals surface area contributed by atoms with Gasteiger partial charge in [0.05, 0.1) is 22.6 Å². The topological polar surface area (TPSA) is 77.6 Å². The summed E-state index contributed by atoms with van der Waals surface area (Å²) in [4.78, 5) is 17.2. The van der Waals surface area contributed by atoms with Gasteiger partial charge >= 0.3 is 6.18 Å². The predicted octanol–water partition coefficient (Wildman–Crippen LogP) is 5.88. The second-order valence-corrected chi connectivity index (χ2v) is 8.25. The van der Waals surface area contributed by atoms with Crippen molar-refractivity contribution in [3.05, 3.63) is 102 Å². The number of hydrogen-bond acceptors (Lipinski definition) is 4. The van der Waals surface area contributed by atoms with Crippen molar-refractivity contribution in [2.45, 2.75) is 6.18 Å². The van der Waals surface area contributed by atoms with E-state index in [1.807, 2.05) is 0 Å². The number of hydrogen-bond donors (Lipinski definition) is 1. The predicted molar refractivity (Wildman–Crippen MR) is 128 cm³/mol. The van der Waals surface area contributed by atoms with E-state index >= 15 is 0 Å². The van der Waals surface area contributed by atoms with Gasteiger partial charge in [0, 0.05) is 54.5 Å². The van der Waals surface area contributed by atoms with Crippen molar-refractivity contribution in [3.8, 4) is 28.2 Å². The summed E-state index contributed by atoms with van der Waals surface area (Å²) in [5.41, 5.74) is -0.126. The van der Waals surface area contributed by atoms with Gasteiger partial charge in [0.15, 0.2) is 11.6 Å². The Balaban J connectivity index is 1.56. The summed E-state index contributed by atoms with van der Waals surface area (Å²) in [7, 11) is 1.56. The molecule has 5 rings (SSSR count). The highest BCUT2D eigenvalue weighted by atomic mass is 19.4. The van der Waals surface area contributed by atoms with Gasteiger partial charge in [0.2, 0.25) is 0 Å².